The van der Waals surface area contributed by atoms with Gasteiger partial charge in [0.25, 0.3) is 5.91 Å². The first kappa shape index (κ1) is 18.5. The number of fused-ring (bicyclic) bond motifs is 1. The van der Waals surface area contributed by atoms with Gasteiger partial charge in [-0.05, 0) is 36.8 Å². The predicted octanol–water partition coefficient (Wildman–Crippen LogP) is 2.42. The minimum Gasteiger partial charge on any atom is -0.497 e. The third-order valence-electron chi connectivity index (χ3n) is 3.95. The molecule has 0 saturated heterocycles. The highest BCUT2D eigenvalue weighted by molar-refractivity contribution is 5.92. The van der Waals surface area contributed by atoms with E-state index in [0.717, 1.165) is 11.6 Å². The zero-order valence-electron chi connectivity index (χ0n) is 14.8. The molecule has 1 aliphatic heterocycles. The summed E-state index contributed by atoms with van der Waals surface area (Å²) in [5, 5.41) is 2.65. The Balaban J connectivity index is 1.55. The van der Waals surface area contributed by atoms with E-state index in [1.54, 1.807) is 18.2 Å². The molecule has 3 rings (SSSR count). The van der Waals surface area contributed by atoms with Crippen LogP contribution < -0.4 is 19.5 Å². The Kier molecular flexibility index (Phi) is 5.44. The van der Waals surface area contributed by atoms with Crippen molar-refractivity contribution in [2.45, 2.75) is 19.6 Å². The second-order valence-electron chi connectivity index (χ2n) is 5.80. The monoisotopic (exact) mass is 375 g/mol. The predicted molar refractivity (Wildman–Crippen MR) is 92.2 cm³/mol. The zero-order valence-corrected chi connectivity index (χ0v) is 14.8. The van der Waals surface area contributed by atoms with Gasteiger partial charge in [-0.1, -0.05) is 6.07 Å². The Morgan fingerprint density at radius 2 is 1.96 bits per heavy atom. The molecule has 0 radical (unpaired) electrons. The van der Waals surface area contributed by atoms with E-state index in [-0.39, 0.29) is 24.7 Å². The van der Waals surface area contributed by atoms with Gasteiger partial charge in [-0.25, -0.2) is 9.18 Å². The molecule has 2 aromatic carbocycles. The summed E-state index contributed by atoms with van der Waals surface area (Å²) in [5.74, 6) is -0.688. The fourth-order valence-electron chi connectivity index (χ4n) is 2.45. The van der Waals surface area contributed by atoms with Gasteiger partial charge in [0.2, 0.25) is 6.79 Å². The van der Waals surface area contributed by atoms with E-state index in [0.29, 0.717) is 11.5 Å². The normalized spacial score (nSPS) is 13.0. The zero-order chi connectivity index (χ0) is 19.4. The lowest BCUT2D eigenvalue weighted by molar-refractivity contribution is -0.129. The van der Waals surface area contributed by atoms with E-state index in [1.165, 1.54) is 26.2 Å². The molecule has 0 bridgehead atoms. The molecule has 1 aliphatic rings. The van der Waals surface area contributed by atoms with Crippen LogP contribution in [0.1, 0.15) is 22.8 Å². The van der Waals surface area contributed by atoms with Crippen molar-refractivity contribution < 1.29 is 32.9 Å². The lowest BCUT2D eigenvalue weighted by Gasteiger charge is -2.14. The first-order valence-electron chi connectivity index (χ1n) is 8.18. The number of halogens is 1. The van der Waals surface area contributed by atoms with Crippen LogP contribution in [0.4, 0.5) is 4.39 Å². The summed E-state index contributed by atoms with van der Waals surface area (Å²) in [6, 6.07) is 9.04. The molecule has 0 aliphatic carbocycles. The van der Waals surface area contributed by atoms with Crippen LogP contribution in [0.15, 0.2) is 36.4 Å². The number of hydrogen-bond donors (Lipinski definition) is 1. The molecule has 0 saturated carbocycles. The van der Waals surface area contributed by atoms with Crippen molar-refractivity contribution in [3.63, 3.8) is 0 Å². The molecule has 142 valence electrons. The number of esters is 1. The minimum absolute atomic E-state index is 0.167. The molecule has 1 amide bonds. The topological polar surface area (TPSA) is 83.1 Å². The molecule has 1 atom stereocenters. The van der Waals surface area contributed by atoms with Gasteiger partial charge in [0, 0.05) is 12.6 Å². The van der Waals surface area contributed by atoms with Crippen molar-refractivity contribution in [3.8, 4) is 17.2 Å². The summed E-state index contributed by atoms with van der Waals surface area (Å²) < 4.78 is 34.3. The number of rotatable bonds is 6. The number of amides is 1. The number of benzene rings is 2. The van der Waals surface area contributed by atoms with Gasteiger partial charge >= 0.3 is 5.97 Å². The van der Waals surface area contributed by atoms with Gasteiger partial charge in [0.1, 0.15) is 11.6 Å². The molecule has 1 N–H and O–H groups in total. The van der Waals surface area contributed by atoms with Crippen LogP contribution in [0, 0.1) is 5.82 Å². The molecule has 27 heavy (non-hydrogen) atoms. The van der Waals surface area contributed by atoms with E-state index >= 15 is 0 Å². The van der Waals surface area contributed by atoms with Crippen LogP contribution in [0.3, 0.4) is 0 Å². The molecule has 7 nitrogen and oxygen atoms in total. The van der Waals surface area contributed by atoms with Crippen LogP contribution in [0.5, 0.6) is 17.2 Å². The fourth-order valence-corrected chi connectivity index (χ4v) is 2.45. The fraction of sp³-hybridized carbons (Fsp3) is 0.263. The van der Waals surface area contributed by atoms with Crippen molar-refractivity contribution >= 4 is 11.9 Å². The van der Waals surface area contributed by atoms with Crippen molar-refractivity contribution in [2.75, 3.05) is 13.9 Å². The second kappa shape index (κ2) is 7.94. The Labute approximate surface area is 155 Å². The minimum atomic E-state index is -1.09. The Hall–Kier alpha value is -3.29. The van der Waals surface area contributed by atoms with Crippen LogP contribution in [0.25, 0.3) is 0 Å². The van der Waals surface area contributed by atoms with Crippen molar-refractivity contribution in [1.29, 1.82) is 0 Å². The summed E-state index contributed by atoms with van der Waals surface area (Å²) in [6.07, 6.45) is -1.09. The molecule has 0 aromatic heterocycles. The number of carbonyl (C=O) groups excluding carboxylic acids is 2. The Bertz CT molecular complexity index is 869. The highest BCUT2D eigenvalue weighted by Gasteiger charge is 2.21. The molecule has 0 unspecified atom stereocenters. The van der Waals surface area contributed by atoms with Gasteiger partial charge in [0.05, 0.1) is 12.7 Å². The second-order valence-corrected chi connectivity index (χ2v) is 5.80. The number of ether oxygens (including phenoxy) is 4. The smallest absolute Gasteiger partial charge is 0.341 e. The molecular weight excluding hydrogens is 357 g/mol. The number of methoxy groups -OCH3 is 1. The first-order chi connectivity index (χ1) is 13.0. The summed E-state index contributed by atoms with van der Waals surface area (Å²) >= 11 is 0. The van der Waals surface area contributed by atoms with E-state index in [9.17, 15) is 14.0 Å². The van der Waals surface area contributed by atoms with Crippen molar-refractivity contribution in [1.82, 2.24) is 5.32 Å². The standard InChI is InChI=1S/C19H18FNO6/c1-11(27-19(23)14-5-4-13(24-2)8-15(14)20)18(22)21-9-12-3-6-16-17(7-12)26-10-25-16/h3-8,11H,9-10H2,1-2H3,(H,21,22)/t11-/m0/s1. The summed E-state index contributed by atoms with van der Waals surface area (Å²) in [5.41, 5.74) is 0.526. The summed E-state index contributed by atoms with van der Waals surface area (Å²) in [7, 11) is 1.39. The Morgan fingerprint density at radius 1 is 1.19 bits per heavy atom. The number of hydrogen-bond acceptors (Lipinski definition) is 6. The molecular formula is C19H18FNO6. The molecule has 0 fully saturated rings. The lowest BCUT2D eigenvalue weighted by atomic mass is 10.2. The van der Waals surface area contributed by atoms with Crippen molar-refractivity contribution in [2.24, 2.45) is 0 Å². The molecule has 1 heterocycles. The van der Waals surface area contributed by atoms with E-state index in [4.69, 9.17) is 18.9 Å². The van der Waals surface area contributed by atoms with E-state index < -0.39 is 23.8 Å². The first-order valence-corrected chi connectivity index (χ1v) is 8.18. The van der Waals surface area contributed by atoms with E-state index in [2.05, 4.69) is 5.32 Å². The maximum absolute atomic E-state index is 13.9. The summed E-state index contributed by atoms with van der Waals surface area (Å²) in [4.78, 5) is 24.2. The highest BCUT2D eigenvalue weighted by Crippen LogP contribution is 2.32. The van der Waals surface area contributed by atoms with Gasteiger partial charge in [-0.2, -0.15) is 0 Å². The van der Waals surface area contributed by atoms with Gasteiger partial charge in [-0.3, -0.25) is 4.79 Å². The van der Waals surface area contributed by atoms with E-state index in [1.807, 2.05) is 0 Å². The lowest BCUT2D eigenvalue weighted by Crippen LogP contribution is -2.35. The SMILES string of the molecule is COc1ccc(C(=O)O[C@@H](C)C(=O)NCc2ccc3c(c2)OCO3)c(F)c1. The average Bonchev–Trinajstić information content (AvgIpc) is 3.13. The van der Waals surface area contributed by atoms with Gasteiger partial charge in [-0.15, -0.1) is 0 Å². The average molecular weight is 375 g/mol. The maximum atomic E-state index is 13.9. The van der Waals surface area contributed by atoms with Crippen LogP contribution >= 0.6 is 0 Å². The molecule has 2 aromatic rings. The molecule has 0 spiro atoms. The number of carbonyl (C=O) groups is 2. The van der Waals surface area contributed by atoms with Gasteiger partial charge < -0.3 is 24.3 Å². The summed E-state index contributed by atoms with van der Waals surface area (Å²) in [6.45, 7) is 1.79. The van der Waals surface area contributed by atoms with Crippen LogP contribution in [0.2, 0.25) is 0 Å². The van der Waals surface area contributed by atoms with Crippen molar-refractivity contribution in [3.05, 3.63) is 53.3 Å². The van der Waals surface area contributed by atoms with Gasteiger partial charge in [0.15, 0.2) is 17.6 Å². The quantitative estimate of drug-likeness (QED) is 0.781. The molecule has 8 heteroatoms. The highest BCUT2D eigenvalue weighted by atomic mass is 19.1. The maximum Gasteiger partial charge on any atom is 0.341 e. The third-order valence-corrected chi connectivity index (χ3v) is 3.95. The Morgan fingerprint density at radius 3 is 2.70 bits per heavy atom. The largest absolute Gasteiger partial charge is 0.497 e. The third kappa shape index (κ3) is 4.28. The van der Waals surface area contributed by atoms with Crippen LogP contribution in [-0.2, 0) is 16.1 Å². The van der Waals surface area contributed by atoms with Crippen LogP contribution in [-0.4, -0.2) is 31.9 Å². The number of nitrogens with one attached hydrogen (secondary N) is 1.